The molecule has 1 N–H and O–H groups in total. The van der Waals surface area contributed by atoms with Crippen molar-refractivity contribution >= 4 is 64.1 Å². The second kappa shape index (κ2) is 10.6. The Morgan fingerprint density at radius 2 is 1.63 bits per heavy atom. The standard InChI is InChI=1S/C26H20Cl2N2O4S/c1-3-34-26(33)16-6-9-18(10-7-16)30-24(31)22(29-17-8-13-20(27)21(28)14-17)23(25(30)32)35-19-11-4-15(2)5-12-19/h4-14,29H,3H2,1-2H3. The number of esters is 1. The molecule has 0 saturated heterocycles. The molecule has 0 saturated carbocycles. The quantitative estimate of drug-likeness (QED) is 0.281. The third-order valence-corrected chi connectivity index (χ3v) is 6.94. The van der Waals surface area contributed by atoms with Crippen LogP contribution >= 0.6 is 35.0 Å². The number of carbonyl (C=O) groups excluding carboxylic acids is 3. The van der Waals surface area contributed by atoms with Gasteiger partial charge in [-0.15, -0.1) is 0 Å². The second-order valence-electron chi connectivity index (χ2n) is 7.59. The molecule has 0 fully saturated rings. The maximum atomic E-state index is 13.5. The predicted molar refractivity (Wildman–Crippen MR) is 139 cm³/mol. The Balaban J connectivity index is 1.69. The Hall–Kier alpha value is -3.26. The normalized spacial score (nSPS) is 13.4. The van der Waals surface area contributed by atoms with Crippen molar-refractivity contribution in [3.05, 3.63) is 98.5 Å². The molecule has 0 aliphatic carbocycles. The van der Waals surface area contributed by atoms with E-state index in [0.29, 0.717) is 27.0 Å². The van der Waals surface area contributed by atoms with Crippen molar-refractivity contribution in [3.8, 4) is 0 Å². The van der Waals surface area contributed by atoms with Crippen LogP contribution in [-0.4, -0.2) is 24.4 Å². The van der Waals surface area contributed by atoms with E-state index in [1.165, 1.54) is 36.0 Å². The molecule has 1 aliphatic rings. The fraction of sp³-hybridized carbons (Fsp3) is 0.115. The number of anilines is 2. The zero-order valence-corrected chi connectivity index (χ0v) is 21.1. The molecule has 1 heterocycles. The average Bonchev–Trinajstić information content (AvgIpc) is 3.07. The number of nitrogens with zero attached hydrogens (tertiary/aromatic N) is 1. The summed E-state index contributed by atoms with van der Waals surface area (Å²) < 4.78 is 5.00. The highest BCUT2D eigenvalue weighted by atomic mass is 35.5. The number of hydrogen-bond donors (Lipinski definition) is 1. The Morgan fingerprint density at radius 3 is 2.26 bits per heavy atom. The van der Waals surface area contributed by atoms with E-state index in [4.69, 9.17) is 27.9 Å². The molecule has 0 unspecified atom stereocenters. The Morgan fingerprint density at radius 1 is 0.943 bits per heavy atom. The van der Waals surface area contributed by atoms with Gasteiger partial charge >= 0.3 is 5.97 Å². The maximum absolute atomic E-state index is 13.5. The lowest BCUT2D eigenvalue weighted by Gasteiger charge is -2.16. The number of halogens is 2. The topological polar surface area (TPSA) is 75.7 Å². The van der Waals surface area contributed by atoms with Gasteiger partial charge in [0, 0.05) is 10.6 Å². The van der Waals surface area contributed by atoms with Gasteiger partial charge in [0.05, 0.1) is 27.9 Å². The van der Waals surface area contributed by atoms with Crippen LogP contribution < -0.4 is 10.2 Å². The third kappa shape index (κ3) is 5.37. The first-order valence-corrected chi connectivity index (χ1v) is 12.2. The number of imide groups is 1. The minimum Gasteiger partial charge on any atom is -0.462 e. The molecular formula is C26H20Cl2N2O4S. The molecule has 1 aliphatic heterocycles. The number of thioether (sulfide) groups is 1. The molecule has 4 rings (SSSR count). The van der Waals surface area contributed by atoms with E-state index in [9.17, 15) is 14.4 Å². The van der Waals surface area contributed by atoms with E-state index in [1.54, 1.807) is 25.1 Å². The van der Waals surface area contributed by atoms with Gasteiger partial charge in [-0.05, 0) is 68.4 Å². The van der Waals surface area contributed by atoms with Gasteiger partial charge in [-0.2, -0.15) is 0 Å². The number of amides is 2. The van der Waals surface area contributed by atoms with Crippen LogP contribution in [0.4, 0.5) is 11.4 Å². The SMILES string of the molecule is CCOC(=O)c1ccc(N2C(=O)C(Nc3ccc(Cl)c(Cl)c3)=C(Sc3ccc(C)cc3)C2=O)cc1. The van der Waals surface area contributed by atoms with Crippen molar-refractivity contribution in [1.29, 1.82) is 0 Å². The van der Waals surface area contributed by atoms with Crippen LogP contribution in [0.15, 0.2) is 82.2 Å². The summed E-state index contributed by atoms with van der Waals surface area (Å²) in [5.41, 5.74) is 2.37. The molecule has 2 amide bonds. The first-order chi connectivity index (χ1) is 16.8. The summed E-state index contributed by atoms with van der Waals surface area (Å²) in [5.74, 6) is -1.49. The van der Waals surface area contributed by atoms with Gasteiger partial charge in [0.1, 0.15) is 10.6 Å². The molecule has 0 radical (unpaired) electrons. The number of benzene rings is 3. The van der Waals surface area contributed by atoms with Crippen molar-refractivity contribution in [2.45, 2.75) is 18.7 Å². The molecular weight excluding hydrogens is 507 g/mol. The van der Waals surface area contributed by atoms with Gasteiger partial charge in [0.2, 0.25) is 0 Å². The number of ether oxygens (including phenoxy) is 1. The van der Waals surface area contributed by atoms with Crippen molar-refractivity contribution in [3.63, 3.8) is 0 Å². The maximum Gasteiger partial charge on any atom is 0.338 e. The van der Waals surface area contributed by atoms with Gasteiger partial charge in [0.25, 0.3) is 11.8 Å². The summed E-state index contributed by atoms with van der Waals surface area (Å²) in [7, 11) is 0. The summed E-state index contributed by atoms with van der Waals surface area (Å²) in [6.45, 7) is 3.93. The van der Waals surface area contributed by atoms with Crippen LogP contribution in [0.3, 0.4) is 0 Å². The van der Waals surface area contributed by atoms with E-state index < -0.39 is 17.8 Å². The van der Waals surface area contributed by atoms with E-state index in [0.717, 1.165) is 15.4 Å². The Kier molecular flexibility index (Phi) is 7.50. The Labute approximate surface area is 216 Å². The van der Waals surface area contributed by atoms with Gasteiger partial charge in [-0.25, -0.2) is 9.69 Å². The average molecular weight is 527 g/mol. The highest BCUT2D eigenvalue weighted by Crippen LogP contribution is 2.38. The van der Waals surface area contributed by atoms with Crippen LogP contribution in [0.2, 0.25) is 10.0 Å². The summed E-state index contributed by atoms with van der Waals surface area (Å²) in [6.07, 6.45) is 0. The molecule has 9 heteroatoms. The lowest BCUT2D eigenvalue weighted by atomic mass is 10.2. The number of carbonyl (C=O) groups is 3. The first kappa shape index (κ1) is 24.9. The van der Waals surface area contributed by atoms with E-state index in [1.807, 2.05) is 31.2 Å². The van der Waals surface area contributed by atoms with Crippen LogP contribution in [0.25, 0.3) is 0 Å². The van der Waals surface area contributed by atoms with Crippen molar-refractivity contribution < 1.29 is 19.1 Å². The molecule has 178 valence electrons. The minimum absolute atomic E-state index is 0.119. The molecule has 0 aromatic heterocycles. The fourth-order valence-corrected chi connectivity index (χ4v) is 4.58. The van der Waals surface area contributed by atoms with Crippen LogP contribution in [-0.2, 0) is 14.3 Å². The second-order valence-corrected chi connectivity index (χ2v) is 9.48. The number of aryl methyl sites for hydroxylation is 1. The van der Waals surface area contributed by atoms with Crippen LogP contribution in [0.1, 0.15) is 22.8 Å². The summed E-state index contributed by atoms with van der Waals surface area (Å²) in [6, 6.07) is 18.6. The van der Waals surface area contributed by atoms with E-state index in [-0.39, 0.29) is 17.2 Å². The van der Waals surface area contributed by atoms with Gasteiger partial charge < -0.3 is 10.1 Å². The first-order valence-electron chi connectivity index (χ1n) is 10.7. The fourth-order valence-electron chi connectivity index (χ4n) is 3.35. The minimum atomic E-state index is -0.528. The van der Waals surface area contributed by atoms with Gasteiger partial charge in [-0.3, -0.25) is 9.59 Å². The molecule has 0 atom stereocenters. The summed E-state index contributed by atoms with van der Waals surface area (Å²) in [5, 5.41) is 3.73. The van der Waals surface area contributed by atoms with Crippen molar-refractivity contribution in [2.24, 2.45) is 0 Å². The predicted octanol–water partition coefficient (Wildman–Crippen LogP) is 6.47. The number of rotatable bonds is 7. The number of nitrogens with one attached hydrogen (secondary N) is 1. The van der Waals surface area contributed by atoms with E-state index in [2.05, 4.69) is 5.32 Å². The zero-order chi connectivity index (χ0) is 25.1. The molecule has 3 aromatic carbocycles. The largest absolute Gasteiger partial charge is 0.462 e. The van der Waals surface area contributed by atoms with Crippen molar-refractivity contribution in [1.82, 2.24) is 0 Å². The molecule has 0 spiro atoms. The smallest absolute Gasteiger partial charge is 0.338 e. The van der Waals surface area contributed by atoms with Crippen LogP contribution in [0, 0.1) is 6.92 Å². The molecule has 0 bridgehead atoms. The lowest BCUT2D eigenvalue weighted by Crippen LogP contribution is -2.32. The van der Waals surface area contributed by atoms with E-state index >= 15 is 0 Å². The lowest BCUT2D eigenvalue weighted by molar-refractivity contribution is -0.120. The summed E-state index contributed by atoms with van der Waals surface area (Å²) in [4.78, 5) is 41.0. The Bertz CT molecular complexity index is 1340. The summed E-state index contributed by atoms with van der Waals surface area (Å²) >= 11 is 13.3. The van der Waals surface area contributed by atoms with Crippen molar-refractivity contribution in [2.75, 3.05) is 16.8 Å². The molecule has 35 heavy (non-hydrogen) atoms. The zero-order valence-electron chi connectivity index (χ0n) is 18.8. The highest BCUT2D eigenvalue weighted by Gasteiger charge is 2.40. The highest BCUT2D eigenvalue weighted by molar-refractivity contribution is 8.04. The molecule has 3 aromatic rings. The van der Waals surface area contributed by atoms with Gasteiger partial charge in [-0.1, -0.05) is 52.7 Å². The third-order valence-electron chi connectivity index (χ3n) is 5.11. The molecule has 6 nitrogen and oxygen atoms in total. The van der Waals surface area contributed by atoms with Gasteiger partial charge in [0.15, 0.2) is 0 Å². The monoisotopic (exact) mass is 526 g/mol. The number of hydrogen-bond acceptors (Lipinski definition) is 6. The van der Waals surface area contributed by atoms with Crippen LogP contribution in [0.5, 0.6) is 0 Å².